The Morgan fingerprint density at radius 3 is 2.93 bits per heavy atom. The molecule has 1 saturated heterocycles. The fourth-order valence-electron chi connectivity index (χ4n) is 1.49. The van der Waals surface area contributed by atoms with Crippen molar-refractivity contribution in [1.29, 1.82) is 0 Å². The van der Waals surface area contributed by atoms with Gasteiger partial charge in [-0.15, -0.1) is 0 Å². The molecule has 1 fully saturated rings. The molecule has 0 amide bonds. The third kappa shape index (κ3) is 1.54. The van der Waals surface area contributed by atoms with Gasteiger partial charge >= 0.3 is 0 Å². The van der Waals surface area contributed by atoms with Gasteiger partial charge in [-0.25, -0.2) is 13.4 Å². The standard InChI is InChI=1S/C7H12N4O2S/c8-6-1-4-11(5-6)14(12,13)7-9-2-3-10-7/h2-3,6H,1,4-5,8H2,(H,9,10). The number of rotatable bonds is 2. The number of aromatic amines is 1. The van der Waals surface area contributed by atoms with Crippen LogP contribution in [0.4, 0.5) is 0 Å². The molecule has 0 saturated carbocycles. The number of aromatic nitrogens is 2. The summed E-state index contributed by atoms with van der Waals surface area (Å²) in [6.45, 7) is 0.854. The van der Waals surface area contributed by atoms with Crippen LogP contribution in [0.15, 0.2) is 17.6 Å². The number of nitrogens with two attached hydrogens (primary N) is 1. The lowest BCUT2D eigenvalue weighted by atomic mass is 10.3. The van der Waals surface area contributed by atoms with Crippen LogP contribution in [0, 0.1) is 0 Å². The van der Waals surface area contributed by atoms with Gasteiger partial charge < -0.3 is 10.7 Å². The van der Waals surface area contributed by atoms with Gasteiger partial charge in [-0.05, 0) is 6.42 Å². The molecule has 1 atom stereocenters. The van der Waals surface area contributed by atoms with Gasteiger partial charge in [-0.3, -0.25) is 0 Å². The lowest BCUT2D eigenvalue weighted by Crippen LogP contribution is -2.32. The maximum absolute atomic E-state index is 11.8. The maximum Gasteiger partial charge on any atom is 0.276 e. The molecule has 0 spiro atoms. The molecule has 2 rings (SSSR count). The van der Waals surface area contributed by atoms with Gasteiger partial charge in [0.25, 0.3) is 10.0 Å². The van der Waals surface area contributed by atoms with Gasteiger partial charge in [-0.1, -0.05) is 0 Å². The summed E-state index contributed by atoms with van der Waals surface area (Å²) < 4.78 is 25.0. The van der Waals surface area contributed by atoms with Crippen LogP contribution in [0.3, 0.4) is 0 Å². The van der Waals surface area contributed by atoms with Crippen molar-refractivity contribution in [3.05, 3.63) is 12.4 Å². The first-order chi connectivity index (χ1) is 6.60. The van der Waals surface area contributed by atoms with Crippen LogP contribution in [0.5, 0.6) is 0 Å². The van der Waals surface area contributed by atoms with Gasteiger partial charge in [-0.2, -0.15) is 4.31 Å². The molecule has 1 aliphatic rings. The van der Waals surface area contributed by atoms with E-state index < -0.39 is 10.0 Å². The molecule has 7 heteroatoms. The van der Waals surface area contributed by atoms with E-state index in [0.29, 0.717) is 19.5 Å². The molecule has 1 aromatic heterocycles. The van der Waals surface area contributed by atoms with E-state index in [-0.39, 0.29) is 11.2 Å². The van der Waals surface area contributed by atoms with Gasteiger partial charge in [0.15, 0.2) is 0 Å². The molecule has 14 heavy (non-hydrogen) atoms. The van der Waals surface area contributed by atoms with E-state index in [1.807, 2.05) is 0 Å². The van der Waals surface area contributed by atoms with E-state index in [0.717, 1.165) is 0 Å². The lowest BCUT2D eigenvalue weighted by molar-refractivity contribution is 0.467. The number of hydrogen-bond donors (Lipinski definition) is 2. The van der Waals surface area contributed by atoms with Crippen molar-refractivity contribution in [3.63, 3.8) is 0 Å². The molecule has 3 N–H and O–H groups in total. The SMILES string of the molecule is NC1CCN(S(=O)(=O)c2ncc[nH]2)C1. The van der Waals surface area contributed by atoms with Crippen molar-refractivity contribution in [1.82, 2.24) is 14.3 Å². The van der Waals surface area contributed by atoms with Crippen LogP contribution in [0.1, 0.15) is 6.42 Å². The Morgan fingerprint density at radius 2 is 2.43 bits per heavy atom. The van der Waals surface area contributed by atoms with E-state index in [9.17, 15) is 8.42 Å². The predicted molar refractivity (Wildman–Crippen MR) is 49.9 cm³/mol. The molecule has 78 valence electrons. The second kappa shape index (κ2) is 3.34. The minimum Gasteiger partial charge on any atom is -0.334 e. The van der Waals surface area contributed by atoms with Crippen LogP contribution >= 0.6 is 0 Å². The summed E-state index contributed by atoms with van der Waals surface area (Å²) in [6, 6.07) is -0.0558. The first-order valence-electron chi connectivity index (χ1n) is 4.36. The normalized spacial score (nSPS) is 24.2. The van der Waals surface area contributed by atoms with Crippen LogP contribution in [-0.2, 0) is 10.0 Å². The Bertz CT molecular complexity index is 399. The minimum atomic E-state index is -3.44. The number of H-pyrrole nitrogens is 1. The van der Waals surface area contributed by atoms with E-state index in [1.165, 1.54) is 16.7 Å². The summed E-state index contributed by atoms with van der Waals surface area (Å²) in [5, 5.41) is -0.00778. The van der Waals surface area contributed by atoms with Crippen molar-refractivity contribution in [2.75, 3.05) is 13.1 Å². The smallest absolute Gasteiger partial charge is 0.276 e. The van der Waals surface area contributed by atoms with E-state index >= 15 is 0 Å². The number of nitrogens with zero attached hydrogens (tertiary/aromatic N) is 2. The van der Waals surface area contributed by atoms with Crippen LogP contribution in [-0.4, -0.2) is 41.8 Å². The molecule has 1 aliphatic heterocycles. The zero-order valence-corrected chi connectivity index (χ0v) is 8.37. The topological polar surface area (TPSA) is 92.1 Å². The van der Waals surface area contributed by atoms with Crippen LogP contribution < -0.4 is 5.73 Å². The highest BCUT2D eigenvalue weighted by Crippen LogP contribution is 2.16. The zero-order chi connectivity index (χ0) is 10.2. The Morgan fingerprint density at radius 1 is 1.64 bits per heavy atom. The van der Waals surface area contributed by atoms with Crippen molar-refractivity contribution in [2.45, 2.75) is 17.6 Å². The van der Waals surface area contributed by atoms with Crippen LogP contribution in [0.25, 0.3) is 0 Å². The van der Waals surface area contributed by atoms with Crippen molar-refractivity contribution < 1.29 is 8.42 Å². The molecule has 0 bridgehead atoms. The monoisotopic (exact) mass is 216 g/mol. The highest BCUT2D eigenvalue weighted by Gasteiger charge is 2.32. The summed E-state index contributed by atoms with van der Waals surface area (Å²) in [5.41, 5.74) is 5.64. The number of nitrogens with one attached hydrogen (secondary N) is 1. The number of sulfonamides is 1. The first-order valence-corrected chi connectivity index (χ1v) is 5.80. The van der Waals surface area contributed by atoms with E-state index in [1.54, 1.807) is 0 Å². The third-order valence-corrected chi connectivity index (χ3v) is 3.97. The fourth-order valence-corrected chi connectivity index (χ4v) is 2.88. The third-order valence-electron chi connectivity index (χ3n) is 2.24. The average molecular weight is 216 g/mol. The molecule has 0 aliphatic carbocycles. The quantitative estimate of drug-likeness (QED) is 0.672. The molecular formula is C7H12N4O2S. The Kier molecular flexibility index (Phi) is 2.30. The average Bonchev–Trinajstić information content (AvgIpc) is 2.72. The highest BCUT2D eigenvalue weighted by atomic mass is 32.2. The largest absolute Gasteiger partial charge is 0.334 e. The summed E-state index contributed by atoms with van der Waals surface area (Å²) in [6.07, 6.45) is 3.62. The molecule has 2 heterocycles. The predicted octanol–water partition coefficient (Wildman–Crippen LogP) is -0.869. The summed E-state index contributed by atoms with van der Waals surface area (Å²) >= 11 is 0. The van der Waals surface area contributed by atoms with E-state index in [4.69, 9.17) is 5.73 Å². The van der Waals surface area contributed by atoms with Crippen molar-refractivity contribution in [3.8, 4) is 0 Å². The summed E-state index contributed by atoms with van der Waals surface area (Å²) in [4.78, 5) is 6.32. The van der Waals surface area contributed by atoms with Crippen molar-refractivity contribution >= 4 is 10.0 Å². The number of imidazole rings is 1. The van der Waals surface area contributed by atoms with Gasteiger partial charge in [0.05, 0.1) is 0 Å². The first kappa shape index (κ1) is 9.63. The molecule has 0 aromatic carbocycles. The minimum absolute atomic E-state index is 0.00778. The lowest BCUT2D eigenvalue weighted by Gasteiger charge is -2.13. The second-order valence-electron chi connectivity index (χ2n) is 3.31. The van der Waals surface area contributed by atoms with E-state index in [2.05, 4.69) is 9.97 Å². The maximum atomic E-state index is 11.8. The molecular weight excluding hydrogens is 204 g/mol. The molecule has 6 nitrogen and oxygen atoms in total. The number of hydrogen-bond acceptors (Lipinski definition) is 4. The Labute approximate surface area is 82.2 Å². The van der Waals surface area contributed by atoms with Gasteiger partial charge in [0.2, 0.25) is 5.16 Å². The highest BCUT2D eigenvalue weighted by molar-refractivity contribution is 7.89. The fraction of sp³-hybridized carbons (Fsp3) is 0.571. The van der Waals surface area contributed by atoms with Crippen molar-refractivity contribution in [2.24, 2.45) is 5.73 Å². The van der Waals surface area contributed by atoms with Gasteiger partial charge in [0, 0.05) is 31.5 Å². The van der Waals surface area contributed by atoms with Crippen LogP contribution in [0.2, 0.25) is 0 Å². The second-order valence-corrected chi connectivity index (χ2v) is 5.16. The van der Waals surface area contributed by atoms with Gasteiger partial charge in [0.1, 0.15) is 0 Å². The zero-order valence-electron chi connectivity index (χ0n) is 7.55. The Hall–Kier alpha value is -0.920. The molecule has 1 aromatic rings. The Balaban J connectivity index is 2.26. The summed E-state index contributed by atoms with van der Waals surface area (Å²) in [5.74, 6) is 0. The summed E-state index contributed by atoms with van der Waals surface area (Å²) in [7, 11) is -3.44. The molecule has 1 unspecified atom stereocenters. The molecule has 0 radical (unpaired) electrons.